The second kappa shape index (κ2) is 10.2. The number of nitrogens with one attached hydrogen (secondary N) is 1. The van der Waals surface area contributed by atoms with E-state index in [1.807, 2.05) is 30.3 Å². The molecule has 142 valence electrons. The van der Waals surface area contributed by atoms with Gasteiger partial charge in [-0.2, -0.15) is 0 Å². The highest BCUT2D eigenvalue weighted by Crippen LogP contribution is 2.40. The largest absolute Gasteiger partial charge is 0.457 e. The monoisotopic (exact) mass is 394 g/mol. The van der Waals surface area contributed by atoms with Gasteiger partial charge in [0.25, 0.3) is 0 Å². The van der Waals surface area contributed by atoms with Gasteiger partial charge in [-0.1, -0.05) is 43.2 Å². The minimum Gasteiger partial charge on any atom is -0.457 e. The minimum atomic E-state index is 0. The van der Waals surface area contributed by atoms with Gasteiger partial charge in [-0.25, -0.2) is 0 Å². The Balaban J connectivity index is 0.00000121. The Bertz CT molecular complexity index is 641. The molecule has 5 heteroatoms. The molecule has 0 spiro atoms. The van der Waals surface area contributed by atoms with E-state index in [0.29, 0.717) is 6.04 Å². The lowest BCUT2D eigenvalue weighted by molar-refractivity contribution is 0.160. The van der Waals surface area contributed by atoms with E-state index < -0.39 is 0 Å². The first-order valence-corrected chi connectivity index (χ1v) is 9.16. The van der Waals surface area contributed by atoms with Crippen LogP contribution in [0, 0.1) is 5.92 Å². The van der Waals surface area contributed by atoms with Gasteiger partial charge in [0.05, 0.1) is 0 Å². The van der Waals surface area contributed by atoms with Crippen LogP contribution in [0.4, 0.5) is 0 Å². The molecule has 1 saturated heterocycles. The smallest absolute Gasteiger partial charge is 0.127 e. The molecule has 0 aromatic heterocycles. The van der Waals surface area contributed by atoms with E-state index in [9.17, 15) is 0 Å². The molecule has 0 unspecified atom stereocenters. The average molecular weight is 395 g/mol. The molecule has 1 atom stereocenters. The van der Waals surface area contributed by atoms with E-state index >= 15 is 0 Å². The summed E-state index contributed by atoms with van der Waals surface area (Å²) in [5.41, 5.74) is 1.43. The molecule has 1 N–H and O–H groups in total. The third-order valence-electron chi connectivity index (χ3n) is 5.09. The van der Waals surface area contributed by atoms with E-state index in [1.54, 1.807) is 0 Å². The van der Waals surface area contributed by atoms with Crippen LogP contribution in [0.2, 0.25) is 0 Å². The van der Waals surface area contributed by atoms with Crippen molar-refractivity contribution in [2.24, 2.45) is 5.92 Å². The quantitative estimate of drug-likeness (QED) is 0.739. The first-order chi connectivity index (χ1) is 11.9. The van der Waals surface area contributed by atoms with Crippen molar-refractivity contribution in [3.63, 3.8) is 0 Å². The summed E-state index contributed by atoms with van der Waals surface area (Å²) >= 11 is 0. The molecule has 1 aliphatic heterocycles. The standard InChI is InChI=1S/C21H26N2O.2ClH/c1-2-4-19(5-3-1)24-20-10-8-18(9-11-20)21(16-17-6-7-17)23-14-12-22-13-15-23;;/h1-5,8-11,17,21-22H,6-7,12-16H2;2*1H/t21-;;/m0../s1. The second-order valence-electron chi connectivity index (χ2n) is 6.96. The van der Waals surface area contributed by atoms with Gasteiger partial charge in [-0.15, -0.1) is 24.8 Å². The van der Waals surface area contributed by atoms with E-state index in [4.69, 9.17) is 4.74 Å². The van der Waals surface area contributed by atoms with Crippen LogP contribution in [0.3, 0.4) is 0 Å². The number of halogens is 2. The Labute approximate surface area is 168 Å². The fourth-order valence-corrected chi connectivity index (χ4v) is 3.54. The average Bonchev–Trinajstić information content (AvgIpc) is 3.46. The molecule has 0 bridgehead atoms. The number of rotatable bonds is 6. The lowest BCUT2D eigenvalue weighted by Crippen LogP contribution is -2.45. The molecule has 2 aromatic carbocycles. The molecule has 1 saturated carbocycles. The van der Waals surface area contributed by atoms with Gasteiger partial charge in [-0.05, 0) is 42.2 Å². The fourth-order valence-electron chi connectivity index (χ4n) is 3.54. The van der Waals surface area contributed by atoms with Gasteiger partial charge in [0.1, 0.15) is 11.5 Å². The zero-order valence-corrected chi connectivity index (χ0v) is 16.6. The Hall–Kier alpha value is -1.26. The lowest BCUT2D eigenvalue weighted by Gasteiger charge is -2.35. The Morgan fingerprint density at radius 3 is 2.12 bits per heavy atom. The highest BCUT2D eigenvalue weighted by molar-refractivity contribution is 5.85. The summed E-state index contributed by atoms with van der Waals surface area (Å²) in [5, 5.41) is 3.46. The molecule has 3 nitrogen and oxygen atoms in total. The van der Waals surface area contributed by atoms with Crippen molar-refractivity contribution >= 4 is 24.8 Å². The van der Waals surface area contributed by atoms with Crippen molar-refractivity contribution in [2.75, 3.05) is 26.2 Å². The highest BCUT2D eigenvalue weighted by atomic mass is 35.5. The summed E-state index contributed by atoms with van der Waals surface area (Å²) in [4.78, 5) is 2.65. The van der Waals surface area contributed by atoms with E-state index in [2.05, 4.69) is 34.5 Å². The molecule has 4 rings (SSSR count). The first-order valence-electron chi connectivity index (χ1n) is 9.16. The SMILES string of the molecule is Cl.Cl.c1ccc(Oc2ccc([C@H](CC3CC3)N3CCNCC3)cc2)cc1. The van der Waals surface area contributed by atoms with E-state index in [-0.39, 0.29) is 24.8 Å². The zero-order chi connectivity index (χ0) is 16.2. The van der Waals surface area contributed by atoms with Crippen LogP contribution in [-0.4, -0.2) is 31.1 Å². The lowest BCUT2D eigenvalue weighted by atomic mass is 9.98. The van der Waals surface area contributed by atoms with E-state index in [1.165, 1.54) is 24.8 Å². The molecule has 2 aromatic rings. The van der Waals surface area contributed by atoms with Crippen LogP contribution < -0.4 is 10.1 Å². The molecular weight excluding hydrogens is 367 g/mol. The van der Waals surface area contributed by atoms with Crippen LogP contribution in [0.1, 0.15) is 30.9 Å². The molecule has 0 amide bonds. The van der Waals surface area contributed by atoms with Crippen LogP contribution in [0.15, 0.2) is 54.6 Å². The molecule has 1 heterocycles. The summed E-state index contributed by atoms with van der Waals surface area (Å²) in [6, 6.07) is 19.3. The maximum Gasteiger partial charge on any atom is 0.127 e. The number of hydrogen-bond donors (Lipinski definition) is 1. The third kappa shape index (κ3) is 5.62. The summed E-state index contributed by atoms with van der Waals surface area (Å²) in [6.07, 6.45) is 4.13. The summed E-state index contributed by atoms with van der Waals surface area (Å²) in [6.45, 7) is 4.52. The number of piperazine rings is 1. The maximum atomic E-state index is 5.93. The Kier molecular flexibility index (Phi) is 8.23. The number of hydrogen-bond acceptors (Lipinski definition) is 3. The van der Waals surface area contributed by atoms with Crippen molar-refractivity contribution < 1.29 is 4.74 Å². The normalized spacial score (nSPS) is 18.3. The number of nitrogens with zero attached hydrogens (tertiary/aromatic N) is 1. The number of para-hydroxylation sites is 1. The van der Waals surface area contributed by atoms with Gasteiger partial charge >= 0.3 is 0 Å². The molecule has 0 radical (unpaired) electrons. The van der Waals surface area contributed by atoms with Crippen molar-refractivity contribution in [3.8, 4) is 11.5 Å². The maximum absolute atomic E-state index is 5.93. The third-order valence-corrected chi connectivity index (χ3v) is 5.09. The number of ether oxygens (including phenoxy) is 1. The highest BCUT2D eigenvalue weighted by Gasteiger charge is 2.30. The van der Waals surface area contributed by atoms with Crippen LogP contribution in [0.5, 0.6) is 11.5 Å². The van der Waals surface area contributed by atoms with Crippen LogP contribution >= 0.6 is 24.8 Å². The Morgan fingerprint density at radius 1 is 0.885 bits per heavy atom. The summed E-state index contributed by atoms with van der Waals surface area (Å²) in [7, 11) is 0. The van der Waals surface area contributed by atoms with Gasteiger partial charge in [0.15, 0.2) is 0 Å². The van der Waals surface area contributed by atoms with Crippen LogP contribution in [-0.2, 0) is 0 Å². The van der Waals surface area contributed by atoms with Crippen molar-refractivity contribution in [3.05, 3.63) is 60.2 Å². The molecular formula is C21H28Cl2N2O. The fraction of sp³-hybridized carbons (Fsp3) is 0.429. The van der Waals surface area contributed by atoms with Gasteiger partial charge < -0.3 is 10.1 Å². The number of benzene rings is 2. The minimum absolute atomic E-state index is 0. The van der Waals surface area contributed by atoms with Gasteiger partial charge in [0.2, 0.25) is 0 Å². The molecule has 2 fully saturated rings. The molecule has 2 aliphatic rings. The summed E-state index contributed by atoms with van der Waals surface area (Å²) < 4.78 is 5.93. The summed E-state index contributed by atoms with van der Waals surface area (Å²) in [5.74, 6) is 2.74. The first kappa shape index (κ1) is 21.0. The molecule has 1 aliphatic carbocycles. The van der Waals surface area contributed by atoms with Crippen molar-refractivity contribution in [2.45, 2.75) is 25.3 Å². The van der Waals surface area contributed by atoms with E-state index in [0.717, 1.165) is 43.6 Å². The zero-order valence-electron chi connectivity index (χ0n) is 15.0. The topological polar surface area (TPSA) is 24.5 Å². The van der Waals surface area contributed by atoms with Crippen molar-refractivity contribution in [1.82, 2.24) is 10.2 Å². The van der Waals surface area contributed by atoms with Crippen LogP contribution in [0.25, 0.3) is 0 Å². The second-order valence-corrected chi connectivity index (χ2v) is 6.96. The Morgan fingerprint density at radius 2 is 1.50 bits per heavy atom. The van der Waals surface area contributed by atoms with Gasteiger partial charge in [0, 0.05) is 32.2 Å². The molecule has 26 heavy (non-hydrogen) atoms. The van der Waals surface area contributed by atoms with Crippen molar-refractivity contribution in [1.29, 1.82) is 0 Å². The predicted molar refractivity (Wildman–Crippen MR) is 112 cm³/mol. The van der Waals surface area contributed by atoms with Gasteiger partial charge in [-0.3, -0.25) is 4.90 Å². The predicted octanol–water partition coefficient (Wildman–Crippen LogP) is 5.07.